The van der Waals surface area contributed by atoms with E-state index in [0.717, 1.165) is 18.6 Å². The predicted molar refractivity (Wildman–Crippen MR) is 379 cm³/mol. The summed E-state index contributed by atoms with van der Waals surface area (Å²) in [4.78, 5) is 115. The SMILES string of the molecule is CC[C@@]1(O)C(=O)OCc2c1cc1n(c2=O)Cc2c-1nc1cc(F)c(C)c3c1c2[C@@H](NC(=O)OCc1ccc(NC(=O)[C@H]2CCCN2C(=O)CNC(=O)[C@@H](CCCCN)NC(=O)C(NC(=O)CCOCCOCCOCCOCCOCCOCCOCCOCCOCCC(C)C)C(C)C)cc1)CC3. The second kappa shape index (κ2) is 41.9. The van der Waals surface area contributed by atoms with E-state index in [1.807, 2.05) is 0 Å². The van der Waals surface area contributed by atoms with Crippen molar-refractivity contribution in [3.63, 3.8) is 0 Å². The van der Waals surface area contributed by atoms with Crippen LogP contribution in [0.25, 0.3) is 22.3 Å². The van der Waals surface area contributed by atoms with E-state index in [1.54, 1.807) is 58.0 Å². The molecule has 8 N–H and O–H groups in total. The van der Waals surface area contributed by atoms with Crippen molar-refractivity contribution in [2.45, 2.75) is 155 Å². The molecule has 1 fully saturated rings. The first kappa shape index (κ1) is 82.0. The van der Waals surface area contributed by atoms with Crippen LogP contribution in [-0.4, -0.2) is 218 Å². The normalized spacial score (nSPS) is 17.1. The first-order valence-corrected chi connectivity index (χ1v) is 36.5. The van der Waals surface area contributed by atoms with E-state index >= 15 is 4.39 Å². The molecular formula is C74H106FN9O20. The Morgan fingerprint density at radius 1 is 0.740 bits per heavy atom. The minimum Gasteiger partial charge on any atom is -0.458 e. The van der Waals surface area contributed by atoms with Crippen LogP contribution in [0.3, 0.4) is 0 Å². The van der Waals surface area contributed by atoms with Gasteiger partial charge < -0.3 is 99.0 Å². The molecule has 1 aliphatic carbocycles. The lowest BCUT2D eigenvalue weighted by atomic mass is 9.81. The number of likely N-dealkylation sites (tertiary alicyclic amines) is 1. The fourth-order valence-electron chi connectivity index (χ4n) is 12.8. The number of hydrogen-bond donors (Lipinski definition) is 7. The zero-order chi connectivity index (χ0) is 74.5. The number of pyridine rings is 2. The average molecular weight is 1460 g/mol. The second-order valence-electron chi connectivity index (χ2n) is 26.9. The number of nitrogens with zero attached hydrogens (tertiary/aromatic N) is 3. The van der Waals surface area contributed by atoms with E-state index in [9.17, 15) is 43.5 Å². The molecular weight excluding hydrogens is 1350 g/mol. The number of benzene rings is 2. The highest BCUT2D eigenvalue weighted by atomic mass is 19.1. The predicted octanol–water partition coefficient (Wildman–Crippen LogP) is 4.83. The van der Waals surface area contributed by atoms with Crippen molar-refractivity contribution in [2.24, 2.45) is 17.6 Å². The third kappa shape index (κ3) is 23.2. The Kier molecular flexibility index (Phi) is 33.1. The molecule has 0 radical (unpaired) electrons. The van der Waals surface area contributed by atoms with Crippen LogP contribution in [0.15, 0.2) is 41.2 Å². The number of cyclic esters (lactones) is 1. The molecule has 0 spiro atoms. The average Bonchev–Trinajstić information content (AvgIpc) is 1.50. The van der Waals surface area contributed by atoms with Crippen LogP contribution in [-0.2, 0) is 113 Å². The summed E-state index contributed by atoms with van der Waals surface area (Å²) in [5, 5.41) is 26.2. The Labute approximate surface area is 606 Å². The van der Waals surface area contributed by atoms with Crippen LogP contribution >= 0.6 is 0 Å². The van der Waals surface area contributed by atoms with Crippen LogP contribution < -0.4 is 37.9 Å². The van der Waals surface area contributed by atoms with Crippen molar-refractivity contribution in [2.75, 3.05) is 144 Å². The largest absolute Gasteiger partial charge is 0.458 e. The number of unbranched alkanes of at least 4 members (excludes halogenated alkanes) is 1. The molecule has 5 heterocycles. The number of nitrogens with two attached hydrogens (primary N) is 1. The minimum absolute atomic E-state index is 0.0301. The lowest BCUT2D eigenvalue weighted by molar-refractivity contribution is -0.172. The molecule has 1 saturated heterocycles. The van der Waals surface area contributed by atoms with E-state index in [2.05, 4.69) is 40.4 Å². The van der Waals surface area contributed by atoms with Gasteiger partial charge in [0.15, 0.2) is 5.60 Å². The number of fused-ring (bicyclic) bond motifs is 5. The molecule has 574 valence electrons. The van der Waals surface area contributed by atoms with E-state index in [-0.39, 0.29) is 82.4 Å². The monoisotopic (exact) mass is 1460 g/mol. The zero-order valence-corrected chi connectivity index (χ0v) is 61.0. The van der Waals surface area contributed by atoms with Gasteiger partial charge in [-0.2, -0.15) is 0 Å². The number of aryl methyl sites for hydroxylation is 1. The lowest BCUT2D eigenvalue weighted by Crippen LogP contribution is -2.56. The Bertz CT molecular complexity index is 3580. The van der Waals surface area contributed by atoms with Crippen molar-refractivity contribution >= 4 is 58.2 Å². The maximum absolute atomic E-state index is 15.5. The summed E-state index contributed by atoms with van der Waals surface area (Å²) in [7, 11) is 0. The Morgan fingerprint density at radius 2 is 1.34 bits per heavy atom. The van der Waals surface area contributed by atoms with Gasteiger partial charge in [-0.1, -0.05) is 46.8 Å². The third-order valence-electron chi connectivity index (χ3n) is 18.7. The Hall–Kier alpha value is -7.62. The molecule has 4 aliphatic rings. The molecule has 104 heavy (non-hydrogen) atoms. The number of amides is 6. The summed E-state index contributed by atoms with van der Waals surface area (Å²) < 4.78 is 77.7. The molecule has 0 bridgehead atoms. The van der Waals surface area contributed by atoms with E-state index in [1.165, 1.54) is 15.5 Å². The number of aliphatic hydroxyl groups is 1. The smallest absolute Gasteiger partial charge is 0.407 e. The van der Waals surface area contributed by atoms with Crippen LogP contribution in [0.1, 0.15) is 137 Å². The van der Waals surface area contributed by atoms with Crippen LogP contribution in [0.2, 0.25) is 0 Å². The van der Waals surface area contributed by atoms with Crippen molar-refractivity contribution in [1.29, 1.82) is 0 Å². The Balaban J connectivity index is 0.692. The lowest BCUT2D eigenvalue weighted by Gasteiger charge is -2.31. The molecule has 0 saturated carbocycles. The van der Waals surface area contributed by atoms with Crippen molar-refractivity contribution in [3.05, 3.63) is 91.5 Å². The molecule has 1 unspecified atom stereocenters. The van der Waals surface area contributed by atoms with Crippen LogP contribution in [0.5, 0.6) is 0 Å². The number of halogens is 1. The maximum Gasteiger partial charge on any atom is 0.407 e. The van der Waals surface area contributed by atoms with E-state index < -0.39 is 89.3 Å². The van der Waals surface area contributed by atoms with Gasteiger partial charge in [-0.3, -0.25) is 28.8 Å². The number of ether oxygens (including phenoxy) is 11. The third-order valence-corrected chi connectivity index (χ3v) is 18.7. The first-order chi connectivity index (χ1) is 50.2. The van der Waals surface area contributed by atoms with Gasteiger partial charge in [0.1, 0.15) is 37.2 Å². The van der Waals surface area contributed by atoms with Gasteiger partial charge in [-0.25, -0.2) is 19.0 Å². The topological polar surface area (TPSA) is 366 Å². The molecule has 6 amide bonds. The summed E-state index contributed by atoms with van der Waals surface area (Å²) in [6, 6.07) is 6.02. The van der Waals surface area contributed by atoms with Gasteiger partial charge in [0.05, 0.1) is 154 Å². The number of aromatic nitrogens is 2. The summed E-state index contributed by atoms with van der Waals surface area (Å²) in [6.07, 6.45) is 3.20. The summed E-state index contributed by atoms with van der Waals surface area (Å²) in [5.41, 5.74) is 8.10. The summed E-state index contributed by atoms with van der Waals surface area (Å²) in [5.74, 6) is -3.59. The number of rotatable bonds is 47. The van der Waals surface area contributed by atoms with Crippen molar-refractivity contribution in [1.82, 2.24) is 35.7 Å². The molecule has 30 heteroatoms. The van der Waals surface area contributed by atoms with Crippen LogP contribution in [0.4, 0.5) is 14.9 Å². The van der Waals surface area contributed by atoms with Gasteiger partial charge in [-0.05, 0) is 124 Å². The number of alkyl carbamates (subject to hydrolysis) is 1. The summed E-state index contributed by atoms with van der Waals surface area (Å²) >= 11 is 0. The molecule has 29 nitrogen and oxygen atoms in total. The zero-order valence-electron chi connectivity index (χ0n) is 61.0. The van der Waals surface area contributed by atoms with Gasteiger partial charge in [-0.15, -0.1) is 0 Å². The molecule has 2 aromatic heterocycles. The molecule has 2 aromatic carbocycles. The molecule has 4 aromatic rings. The molecule has 5 atom stereocenters. The number of carbonyl (C=O) groups is 7. The number of anilines is 1. The van der Waals surface area contributed by atoms with Gasteiger partial charge >= 0.3 is 12.1 Å². The van der Waals surface area contributed by atoms with Gasteiger partial charge in [0, 0.05) is 47.8 Å². The number of nitrogens with one attached hydrogen (secondary N) is 5. The first-order valence-electron chi connectivity index (χ1n) is 36.5. The highest BCUT2D eigenvalue weighted by Crippen LogP contribution is 2.46. The maximum atomic E-state index is 15.5. The van der Waals surface area contributed by atoms with Crippen molar-refractivity contribution < 1.29 is 95.2 Å². The van der Waals surface area contributed by atoms with Gasteiger partial charge in [0.2, 0.25) is 29.5 Å². The highest BCUT2D eigenvalue weighted by molar-refractivity contribution is 5.99. The van der Waals surface area contributed by atoms with Gasteiger partial charge in [0.25, 0.3) is 5.56 Å². The summed E-state index contributed by atoms with van der Waals surface area (Å²) in [6.45, 7) is 18.7. The molecule has 3 aliphatic heterocycles. The quantitative estimate of drug-likeness (QED) is 0.0203. The number of hydrogen-bond acceptors (Lipinski definition) is 22. The highest BCUT2D eigenvalue weighted by Gasteiger charge is 2.46. The standard InChI is InChI=1S/C74H106FN9O20/c1-7-74(93)55-41-61-67-53(44-84(61)71(90)54(55)46-103-72(74)91)65-57(18-17-52-49(6)56(75)42-59(79-67)64(52)65)81-73(92)104-45-50-13-15-51(16-14-50)78-69(88)60-12-10-22-83(60)63(86)43-77-68(87)58(11-8-9-21-76)80-70(89)66(48(4)5)82-62(85)20-24-95-26-28-97-30-32-99-34-36-101-38-40-102-39-37-100-35-33-98-31-29-96-27-25-94-23-19-47(2)3/h13-16,41-42,47-48,57-58,60,66,93H,7-12,17-40,43-46,76H2,1-6H3,(H,77,87)(H,78,88)(H,80,89)(H,81,92)(H,82,85)/t57-,58+,60+,66?,74-/m0/s1. The molecule has 8 rings (SSSR count). The second-order valence-corrected chi connectivity index (χ2v) is 26.9. The van der Waals surface area contributed by atoms with E-state index in [0.29, 0.717) is 194 Å². The van der Waals surface area contributed by atoms with E-state index in [4.69, 9.17) is 62.8 Å². The minimum atomic E-state index is -2.05. The number of carbonyl (C=O) groups excluding carboxylic acids is 7. The fraction of sp³-hybridized carbons (Fsp3) is 0.635. The Morgan fingerprint density at radius 3 is 1.91 bits per heavy atom. The van der Waals surface area contributed by atoms with Crippen molar-refractivity contribution in [3.8, 4) is 11.4 Å². The number of esters is 1. The fourth-order valence-corrected chi connectivity index (χ4v) is 12.8. The van der Waals surface area contributed by atoms with Crippen LogP contribution in [0, 0.1) is 24.6 Å².